The maximum Gasteiger partial charge on any atom is 0.294 e. The Balaban J connectivity index is 1.43. The molecule has 4 rings (SSSR count). The van der Waals surface area contributed by atoms with E-state index >= 15 is 0 Å². The Kier molecular flexibility index (Phi) is 8.22. The van der Waals surface area contributed by atoms with E-state index in [1.54, 1.807) is 24.3 Å². The Morgan fingerprint density at radius 3 is 2.36 bits per heavy atom. The summed E-state index contributed by atoms with van der Waals surface area (Å²) < 4.78 is 33.4. The first-order valence-corrected chi connectivity index (χ1v) is 12.8. The highest BCUT2D eigenvalue weighted by Crippen LogP contribution is 2.38. The predicted octanol–water partition coefficient (Wildman–Crippen LogP) is 6.74. The molecule has 3 aromatic carbocycles. The van der Waals surface area contributed by atoms with Crippen LogP contribution in [-0.4, -0.2) is 28.5 Å². The topological polar surface area (TPSA) is 75.7 Å². The van der Waals surface area contributed by atoms with Gasteiger partial charge in [0.15, 0.2) is 0 Å². The van der Waals surface area contributed by atoms with Gasteiger partial charge in [-0.1, -0.05) is 12.1 Å². The van der Waals surface area contributed by atoms with Crippen molar-refractivity contribution in [2.45, 2.75) is 6.61 Å². The van der Waals surface area contributed by atoms with Crippen molar-refractivity contribution in [1.29, 1.82) is 0 Å². The van der Waals surface area contributed by atoms with Crippen LogP contribution in [0.4, 0.5) is 19.3 Å². The molecule has 1 heterocycles. The van der Waals surface area contributed by atoms with Crippen molar-refractivity contribution in [3.8, 4) is 5.75 Å². The normalized spacial score (nSPS) is 14.4. The molecule has 3 aromatic rings. The minimum absolute atomic E-state index is 0.146. The smallest absolute Gasteiger partial charge is 0.294 e. The third-order valence-corrected chi connectivity index (χ3v) is 6.98. The number of rotatable bonds is 7. The number of benzene rings is 3. The molecule has 0 atom stereocenters. The maximum atomic E-state index is 13.4. The fourth-order valence-electron chi connectivity index (χ4n) is 3.25. The predicted molar refractivity (Wildman–Crippen MR) is 140 cm³/mol. The molecule has 3 amide bonds. The molecule has 0 saturated carbocycles. The molecule has 1 aliphatic heterocycles. The summed E-state index contributed by atoms with van der Waals surface area (Å²) >= 11 is 7.60. The molecule has 0 unspecified atom stereocenters. The fourth-order valence-corrected chi connectivity index (χ4v) is 5.54. The van der Waals surface area contributed by atoms with Crippen LogP contribution in [0, 0.1) is 11.6 Å². The van der Waals surface area contributed by atoms with E-state index in [2.05, 4.69) is 37.2 Å². The number of ether oxygens (including phenoxy) is 1. The van der Waals surface area contributed by atoms with Crippen LogP contribution in [-0.2, 0) is 16.2 Å². The van der Waals surface area contributed by atoms with Crippen LogP contribution in [0.15, 0.2) is 74.5 Å². The van der Waals surface area contributed by atoms with Gasteiger partial charge in [0, 0.05) is 5.69 Å². The van der Waals surface area contributed by atoms with Gasteiger partial charge in [-0.3, -0.25) is 19.3 Å². The zero-order chi connectivity index (χ0) is 25.8. The van der Waals surface area contributed by atoms with Crippen molar-refractivity contribution in [3.63, 3.8) is 0 Å². The van der Waals surface area contributed by atoms with Crippen LogP contribution in [0.1, 0.15) is 11.1 Å². The van der Waals surface area contributed by atoms with Crippen molar-refractivity contribution >= 4 is 72.4 Å². The van der Waals surface area contributed by atoms with E-state index in [4.69, 9.17) is 4.74 Å². The van der Waals surface area contributed by atoms with Crippen LogP contribution in [0.3, 0.4) is 0 Å². The number of carbonyl (C=O) groups excluding carboxylic acids is 3. The van der Waals surface area contributed by atoms with Crippen molar-refractivity contribution in [3.05, 3.63) is 97.3 Å². The number of carbonyl (C=O) groups is 3. The number of halogens is 4. The molecule has 6 nitrogen and oxygen atoms in total. The molecular formula is C25H16Br2F2N2O4S. The second kappa shape index (κ2) is 11.4. The molecule has 0 spiro atoms. The highest BCUT2D eigenvalue weighted by molar-refractivity contribution is 9.11. The Morgan fingerprint density at radius 1 is 1.00 bits per heavy atom. The number of anilines is 1. The van der Waals surface area contributed by atoms with Crippen molar-refractivity contribution < 1.29 is 27.9 Å². The average Bonchev–Trinajstić information content (AvgIpc) is 3.07. The fraction of sp³-hybridized carbons (Fsp3) is 0.0800. The Bertz CT molecular complexity index is 1360. The van der Waals surface area contributed by atoms with Crippen molar-refractivity contribution in [1.82, 2.24) is 4.90 Å². The summed E-state index contributed by atoms with van der Waals surface area (Å²) in [5, 5.41) is 1.95. The van der Waals surface area contributed by atoms with Gasteiger partial charge in [0.25, 0.3) is 11.1 Å². The number of nitrogens with one attached hydrogen (secondary N) is 1. The summed E-state index contributed by atoms with van der Waals surface area (Å²) in [4.78, 5) is 38.5. The van der Waals surface area contributed by atoms with Crippen LogP contribution < -0.4 is 10.1 Å². The summed E-state index contributed by atoms with van der Waals surface area (Å²) in [7, 11) is 0. The monoisotopic (exact) mass is 636 g/mol. The van der Waals surface area contributed by atoms with E-state index in [1.165, 1.54) is 42.5 Å². The first-order valence-electron chi connectivity index (χ1n) is 10.4. The molecule has 1 fully saturated rings. The number of thioether (sulfide) groups is 1. The largest absolute Gasteiger partial charge is 0.487 e. The zero-order valence-corrected chi connectivity index (χ0v) is 22.3. The lowest BCUT2D eigenvalue weighted by atomic mass is 10.2. The van der Waals surface area contributed by atoms with Crippen LogP contribution in [0.25, 0.3) is 6.08 Å². The number of amides is 3. The highest BCUT2D eigenvalue weighted by atomic mass is 79.9. The van der Waals surface area contributed by atoms with Crippen molar-refractivity contribution in [2.24, 2.45) is 0 Å². The molecule has 1 N–H and O–H groups in total. The molecule has 0 radical (unpaired) electrons. The number of hydrogen-bond acceptors (Lipinski definition) is 5. The molecular weight excluding hydrogens is 622 g/mol. The molecule has 0 bridgehead atoms. The molecule has 184 valence electrons. The van der Waals surface area contributed by atoms with E-state index in [0.29, 0.717) is 31.5 Å². The highest BCUT2D eigenvalue weighted by Gasteiger charge is 2.36. The molecule has 0 aromatic heterocycles. The van der Waals surface area contributed by atoms with Gasteiger partial charge >= 0.3 is 0 Å². The van der Waals surface area contributed by atoms with Crippen LogP contribution in [0.5, 0.6) is 5.75 Å². The second-order valence-electron chi connectivity index (χ2n) is 7.56. The van der Waals surface area contributed by atoms with E-state index in [0.717, 1.165) is 16.7 Å². The molecule has 1 aliphatic rings. The Labute approximate surface area is 226 Å². The number of imide groups is 1. The van der Waals surface area contributed by atoms with Crippen LogP contribution >= 0.6 is 43.6 Å². The van der Waals surface area contributed by atoms with Gasteiger partial charge in [-0.25, -0.2) is 8.78 Å². The number of hydrogen-bond donors (Lipinski definition) is 1. The third kappa shape index (κ3) is 6.40. The number of nitrogens with zero attached hydrogens (tertiary/aromatic N) is 1. The zero-order valence-electron chi connectivity index (χ0n) is 18.3. The Hall–Kier alpha value is -3.02. The summed E-state index contributed by atoms with van der Waals surface area (Å²) in [5.74, 6) is -1.50. The van der Waals surface area contributed by atoms with E-state index in [9.17, 15) is 23.2 Å². The van der Waals surface area contributed by atoms with Crippen molar-refractivity contribution in [2.75, 3.05) is 11.9 Å². The van der Waals surface area contributed by atoms with Gasteiger partial charge in [-0.15, -0.1) is 0 Å². The molecule has 0 aliphatic carbocycles. The molecule has 36 heavy (non-hydrogen) atoms. The van der Waals surface area contributed by atoms with Gasteiger partial charge in [0.2, 0.25) is 5.91 Å². The summed E-state index contributed by atoms with van der Waals surface area (Å²) in [5.41, 5.74) is 1.61. The minimum atomic E-state index is -0.599. The molecule has 1 saturated heterocycles. The lowest BCUT2D eigenvalue weighted by Crippen LogP contribution is -2.36. The van der Waals surface area contributed by atoms with E-state index in [1.807, 2.05) is 0 Å². The first-order chi connectivity index (χ1) is 17.2. The van der Waals surface area contributed by atoms with E-state index < -0.39 is 29.4 Å². The summed E-state index contributed by atoms with van der Waals surface area (Å²) in [6.45, 7) is -0.327. The lowest BCUT2D eigenvalue weighted by molar-refractivity contribution is -0.127. The standard InChI is InChI=1S/C25H16Br2F2N2O4S/c26-19-9-15(10-20(27)23(19)35-13-14-2-1-3-17(29)8-14)11-21-24(33)31(25(34)36-21)12-22(32)30-18-6-4-16(28)5-7-18/h1-11H,12-13H2,(H,30,32)/b21-11-. The van der Waals surface area contributed by atoms with Crippen LogP contribution in [0.2, 0.25) is 0 Å². The third-order valence-electron chi connectivity index (χ3n) is 4.89. The lowest BCUT2D eigenvalue weighted by Gasteiger charge is -2.13. The minimum Gasteiger partial charge on any atom is -0.487 e. The Morgan fingerprint density at radius 2 is 1.69 bits per heavy atom. The summed E-state index contributed by atoms with van der Waals surface area (Å²) in [6, 6.07) is 14.6. The van der Waals surface area contributed by atoms with Gasteiger partial charge in [0.1, 0.15) is 30.5 Å². The van der Waals surface area contributed by atoms with Gasteiger partial charge in [-0.05, 0) is 109 Å². The van der Waals surface area contributed by atoms with Gasteiger partial charge in [0.05, 0.1) is 13.9 Å². The van der Waals surface area contributed by atoms with Gasteiger partial charge < -0.3 is 10.1 Å². The SMILES string of the molecule is O=C(CN1C(=O)S/C(=C\c2cc(Br)c(OCc3cccc(F)c3)c(Br)c2)C1=O)Nc1ccc(F)cc1. The maximum absolute atomic E-state index is 13.4. The second-order valence-corrected chi connectivity index (χ2v) is 10.3. The summed E-state index contributed by atoms with van der Waals surface area (Å²) in [6.07, 6.45) is 1.54. The quantitative estimate of drug-likeness (QED) is 0.290. The van der Waals surface area contributed by atoms with Gasteiger partial charge in [-0.2, -0.15) is 0 Å². The molecule has 11 heteroatoms. The first kappa shape index (κ1) is 26.1. The van der Waals surface area contributed by atoms with E-state index in [-0.39, 0.29) is 17.3 Å². The average molecular weight is 638 g/mol.